The number of nitro groups is 1. The summed E-state index contributed by atoms with van der Waals surface area (Å²) in [5.41, 5.74) is -3.44. The van der Waals surface area contributed by atoms with Crippen molar-refractivity contribution in [3.63, 3.8) is 0 Å². The minimum atomic E-state index is -4.97. The van der Waals surface area contributed by atoms with E-state index in [1.165, 1.54) is 0 Å². The molecule has 1 aromatic rings. The van der Waals surface area contributed by atoms with Gasteiger partial charge in [0.05, 0.1) is 12.0 Å². The number of aromatic hydroxyl groups is 1. The second-order valence-corrected chi connectivity index (χ2v) is 3.13. The summed E-state index contributed by atoms with van der Waals surface area (Å²) in [4.78, 5) is 20.5. The van der Waals surface area contributed by atoms with Crippen LogP contribution in [0.1, 0.15) is 15.9 Å². The van der Waals surface area contributed by atoms with E-state index in [2.05, 4.69) is 4.74 Å². The highest BCUT2D eigenvalue weighted by molar-refractivity contribution is 5.94. The second kappa shape index (κ2) is 4.51. The minimum Gasteiger partial charge on any atom is -0.507 e. The Labute approximate surface area is 97.7 Å². The maximum absolute atomic E-state index is 12.4. The topological polar surface area (TPSA) is 89.7 Å². The molecule has 0 spiro atoms. The molecule has 0 heterocycles. The van der Waals surface area contributed by atoms with Gasteiger partial charge in [0.15, 0.2) is 0 Å². The number of benzene rings is 1. The Kier molecular flexibility index (Phi) is 3.44. The lowest BCUT2D eigenvalue weighted by molar-refractivity contribution is -0.385. The number of phenolic OH excluding ortho intramolecular Hbond substituents is 1. The normalized spacial score (nSPS) is 11.1. The quantitative estimate of drug-likeness (QED) is 0.502. The number of esters is 1. The van der Waals surface area contributed by atoms with Crippen LogP contribution in [0, 0.1) is 10.1 Å². The SMILES string of the molecule is COC(=O)c1cc(O)c(C(F)(F)F)cc1[N+](=O)[O-]. The first-order valence-corrected chi connectivity index (χ1v) is 4.35. The van der Waals surface area contributed by atoms with E-state index in [4.69, 9.17) is 5.11 Å². The monoisotopic (exact) mass is 265 g/mol. The molecule has 0 atom stereocenters. The molecule has 0 saturated heterocycles. The van der Waals surface area contributed by atoms with Crippen LogP contribution < -0.4 is 0 Å². The fraction of sp³-hybridized carbons (Fsp3) is 0.222. The summed E-state index contributed by atoms with van der Waals surface area (Å²) in [5, 5.41) is 19.7. The van der Waals surface area contributed by atoms with Crippen molar-refractivity contribution in [1.29, 1.82) is 0 Å². The molecule has 0 aliphatic carbocycles. The first-order valence-electron chi connectivity index (χ1n) is 4.35. The lowest BCUT2D eigenvalue weighted by Gasteiger charge is -2.10. The average Bonchev–Trinajstić information content (AvgIpc) is 2.25. The Morgan fingerprint density at radius 3 is 2.39 bits per heavy atom. The van der Waals surface area contributed by atoms with E-state index in [-0.39, 0.29) is 6.07 Å². The summed E-state index contributed by atoms with van der Waals surface area (Å²) >= 11 is 0. The molecule has 98 valence electrons. The van der Waals surface area contributed by atoms with Crippen LogP contribution in [0.5, 0.6) is 5.75 Å². The molecule has 0 bridgehead atoms. The molecule has 0 saturated carbocycles. The number of nitro benzene ring substituents is 1. The summed E-state index contributed by atoms with van der Waals surface area (Å²) < 4.78 is 41.4. The van der Waals surface area contributed by atoms with Gasteiger partial charge in [0.2, 0.25) is 0 Å². The molecule has 0 radical (unpaired) electrons. The summed E-state index contributed by atoms with van der Waals surface area (Å²) in [6, 6.07) is 0.439. The van der Waals surface area contributed by atoms with Gasteiger partial charge in [-0.25, -0.2) is 4.79 Å². The van der Waals surface area contributed by atoms with Crippen molar-refractivity contribution < 1.29 is 32.7 Å². The van der Waals surface area contributed by atoms with Crippen LogP contribution in [-0.2, 0) is 10.9 Å². The van der Waals surface area contributed by atoms with Gasteiger partial charge in [0.25, 0.3) is 5.69 Å². The number of methoxy groups -OCH3 is 1. The van der Waals surface area contributed by atoms with Gasteiger partial charge >= 0.3 is 12.1 Å². The van der Waals surface area contributed by atoms with Crippen LogP contribution >= 0.6 is 0 Å². The van der Waals surface area contributed by atoms with Gasteiger partial charge in [0.1, 0.15) is 16.9 Å². The number of carbonyl (C=O) groups is 1. The van der Waals surface area contributed by atoms with E-state index in [1.807, 2.05) is 0 Å². The predicted octanol–water partition coefficient (Wildman–Crippen LogP) is 2.11. The molecular formula is C9H6F3NO5. The molecule has 0 aliphatic rings. The zero-order valence-electron chi connectivity index (χ0n) is 8.82. The number of nitrogens with zero attached hydrogens (tertiary/aromatic N) is 1. The highest BCUT2D eigenvalue weighted by atomic mass is 19.4. The maximum atomic E-state index is 12.4. The van der Waals surface area contributed by atoms with Crippen LogP contribution in [0.2, 0.25) is 0 Å². The smallest absolute Gasteiger partial charge is 0.420 e. The van der Waals surface area contributed by atoms with Gasteiger partial charge in [-0.2, -0.15) is 13.2 Å². The Hall–Kier alpha value is -2.32. The van der Waals surface area contributed by atoms with Gasteiger partial charge in [-0.15, -0.1) is 0 Å². The van der Waals surface area contributed by atoms with Crippen molar-refractivity contribution >= 4 is 11.7 Å². The largest absolute Gasteiger partial charge is 0.507 e. The number of ether oxygens (including phenoxy) is 1. The molecule has 1 N–H and O–H groups in total. The van der Waals surface area contributed by atoms with Crippen molar-refractivity contribution in [3.05, 3.63) is 33.4 Å². The summed E-state index contributed by atoms with van der Waals surface area (Å²) in [5.74, 6) is -2.50. The van der Waals surface area contributed by atoms with E-state index < -0.39 is 39.6 Å². The standard InChI is InChI=1S/C9H6F3NO5/c1-18-8(15)4-2-7(14)5(9(10,11)12)3-6(4)13(16)17/h2-3,14H,1H3. The average molecular weight is 265 g/mol. The van der Waals surface area contributed by atoms with Crippen molar-refractivity contribution in [1.82, 2.24) is 0 Å². The second-order valence-electron chi connectivity index (χ2n) is 3.13. The molecule has 1 aromatic carbocycles. The van der Waals surface area contributed by atoms with Gasteiger partial charge < -0.3 is 9.84 Å². The first-order chi connectivity index (χ1) is 8.18. The zero-order chi connectivity index (χ0) is 14.1. The number of hydrogen-bond acceptors (Lipinski definition) is 5. The molecule has 0 amide bonds. The number of alkyl halides is 3. The van der Waals surface area contributed by atoms with Gasteiger partial charge in [-0.05, 0) is 0 Å². The third-order valence-electron chi connectivity index (χ3n) is 2.02. The summed E-state index contributed by atoms with van der Waals surface area (Å²) in [6.07, 6.45) is -4.97. The highest BCUT2D eigenvalue weighted by Crippen LogP contribution is 2.39. The van der Waals surface area contributed by atoms with Crippen molar-refractivity contribution in [2.24, 2.45) is 0 Å². The minimum absolute atomic E-state index is 0.0849. The summed E-state index contributed by atoms with van der Waals surface area (Å²) in [7, 11) is 0.904. The number of hydrogen-bond donors (Lipinski definition) is 1. The van der Waals surface area contributed by atoms with Crippen molar-refractivity contribution in [3.8, 4) is 5.75 Å². The fourth-order valence-electron chi connectivity index (χ4n) is 1.23. The lowest BCUT2D eigenvalue weighted by atomic mass is 10.1. The molecular weight excluding hydrogens is 259 g/mol. The molecule has 0 aromatic heterocycles. The molecule has 6 nitrogen and oxygen atoms in total. The number of phenols is 1. The third kappa shape index (κ3) is 2.50. The number of halogens is 3. The third-order valence-corrected chi connectivity index (χ3v) is 2.02. The molecule has 9 heteroatoms. The first kappa shape index (κ1) is 13.7. The van der Waals surface area contributed by atoms with E-state index in [0.29, 0.717) is 6.07 Å². The maximum Gasteiger partial charge on any atom is 0.420 e. The highest BCUT2D eigenvalue weighted by Gasteiger charge is 2.37. The number of rotatable bonds is 2. The van der Waals surface area contributed by atoms with Crippen LogP contribution in [0.4, 0.5) is 18.9 Å². The Bertz CT molecular complexity index is 512. The van der Waals surface area contributed by atoms with Gasteiger partial charge in [-0.3, -0.25) is 10.1 Å². The summed E-state index contributed by atoms with van der Waals surface area (Å²) in [6.45, 7) is 0. The molecule has 0 unspecified atom stereocenters. The molecule has 0 aliphatic heterocycles. The van der Waals surface area contributed by atoms with Gasteiger partial charge in [-0.1, -0.05) is 0 Å². The predicted molar refractivity (Wildman–Crippen MR) is 51.1 cm³/mol. The van der Waals surface area contributed by atoms with Crippen molar-refractivity contribution in [2.75, 3.05) is 7.11 Å². The van der Waals surface area contributed by atoms with Gasteiger partial charge in [0, 0.05) is 12.1 Å². The van der Waals surface area contributed by atoms with Crippen molar-refractivity contribution in [2.45, 2.75) is 6.18 Å². The Morgan fingerprint density at radius 2 is 2.00 bits per heavy atom. The number of carbonyl (C=O) groups excluding carboxylic acids is 1. The zero-order valence-corrected chi connectivity index (χ0v) is 8.82. The van der Waals surface area contributed by atoms with Crippen LogP contribution in [-0.4, -0.2) is 23.1 Å². The molecule has 1 rings (SSSR count). The van der Waals surface area contributed by atoms with Crippen LogP contribution in [0.3, 0.4) is 0 Å². The van der Waals surface area contributed by atoms with E-state index in [0.717, 1.165) is 7.11 Å². The Balaban J connectivity index is 3.54. The van der Waals surface area contributed by atoms with Crippen LogP contribution in [0.25, 0.3) is 0 Å². The lowest BCUT2D eigenvalue weighted by Crippen LogP contribution is -2.10. The fourth-order valence-corrected chi connectivity index (χ4v) is 1.23. The van der Waals surface area contributed by atoms with E-state index >= 15 is 0 Å². The van der Waals surface area contributed by atoms with Crippen LogP contribution in [0.15, 0.2) is 12.1 Å². The molecule has 0 fully saturated rings. The molecule has 18 heavy (non-hydrogen) atoms. The van der Waals surface area contributed by atoms with E-state index in [9.17, 15) is 28.1 Å². The van der Waals surface area contributed by atoms with E-state index in [1.54, 1.807) is 0 Å². The Morgan fingerprint density at radius 1 is 1.44 bits per heavy atom.